The van der Waals surface area contributed by atoms with Crippen LogP contribution in [-0.4, -0.2) is 26.2 Å². The predicted octanol–water partition coefficient (Wildman–Crippen LogP) is 3.75. The van der Waals surface area contributed by atoms with Crippen LogP contribution in [0.2, 0.25) is 0 Å². The quantitative estimate of drug-likeness (QED) is 0.635. The molecule has 0 aliphatic rings. The van der Waals surface area contributed by atoms with Gasteiger partial charge in [0.1, 0.15) is 0 Å². The molecule has 0 fully saturated rings. The summed E-state index contributed by atoms with van der Waals surface area (Å²) in [6.45, 7) is 0. The van der Waals surface area contributed by atoms with E-state index in [-0.39, 0.29) is 11.9 Å². The van der Waals surface area contributed by atoms with E-state index in [1.54, 1.807) is 12.2 Å². The molecule has 0 N–H and O–H groups in total. The van der Waals surface area contributed by atoms with Crippen molar-refractivity contribution >= 4 is 24.1 Å². The van der Waals surface area contributed by atoms with Gasteiger partial charge >= 0.3 is 11.9 Å². The number of rotatable bonds is 4. The highest BCUT2D eigenvalue weighted by molar-refractivity contribution is 5.87. The zero-order chi connectivity index (χ0) is 17.6. The van der Waals surface area contributed by atoms with Crippen molar-refractivity contribution in [3.63, 3.8) is 0 Å². The maximum atomic E-state index is 10.7. The number of benzene rings is 2. The summed E-state index contributed by atoms with van der Waals surface area (Å²) in [5.74, 6) is -0.669. The third-order valence-electron chi connectivity index (χ3n) is 2.83. The Morgan fingerprint density at radius 3 is 1.29 bits per heavy atom. The minimum absolute atomic E-state index is 0.334. The summed E-state index contributed by atoms with van der Waals surface area (Å²) in [4.78, 5) is 21.4. The highest BCUT2D eigenvalue weighted by Crippen LogP contribution is 2.01. The minimum Gasteiger partial charge on any atom is -0.466 e. The molecule has 124 valence electrons. The van der Waals surface area contributed by atoms with Gasteiger partial charge in [-0.05, 0) is 23.3 Å². The molecule has 4 heteroatoms. The molecule has 0 saturated heterocycles. The van der Waals surface area contributed by atoms with Crippen LogP contribution in [0.15, 0.2) is 72.8 Å². The van der Waals surface area contributed by atoms with Crippen LogP contribution in [0.1, 0.15) is 11.1 Å². The number of hydrogen-bond acceptors (Lipinski definition) is 4. The Kier molecular flexibility index (Phi) is 9.01. The average Bonchev–Trinajstić information content (AvgIpc) is 2.66. The Hall–Kier alpha value is -3.14. The summed E-state index contributed by atoms with van der Waals surface area (Å²) >= 11 is 0. The second kappa shape index (κ2) is 11.4. The van der Waals surface area contributed by atoms with Gasteiger partial charge in [-0.15, -0.1) is 0 Å². The average molecular weight is 324 g/mol. The Morgan fingerprint density at radius 2 is 1.00 bits per heavy atom. The van der Waals surface area contributed by atoms with E-state index in [4.69, 9.17) is 0 Å². The Morgan fingerprint density at radius 1 is 0.667 bits per heavy atom. The first kappa shape index (κ1) is 18.9. The third kappa shape index (κ3) is 8.34. The molecule has 0 unspecified atom stereocenters. The first-order valence-electron chi connectivity index (χ1n) is 7.28. The fourth-order valence-corrected chi connectivity index (χ4v) is 1.59. The summed E-state index contributed by atoms with van der Waals surface area (Å²) in [6.07, 6.45) is 6.22. The summed E-state index contributed by atoms with van der Waals surface area (Å²) in [5.41, 5.74) is 1.98. The molecule has 0 saturated carbocycles. The summed E-state index contributed by atoms with van der Waals surface area (Å²) in [5, 5.41) is 0. The lowest BCUT2D eigenvalue weighted by atomic mass is 10.2. The molecule has 0 aliphatic heterocycles. The van der Waals surface area contributed by atoms with Gasteiger partial charge in [-0.3, -0.25) is 0 Å². The van der Waals surface area contributed by atoms with E-state index in [0.29, 0.717) is 0 Å². The number of ether oxygens (including phenoxy) is 2. The normalized spacial score (nSPS) is 10.1. The van der Waals surface area contributed by atoms with E-state index in [0.717, 1.165) is 11.1 Å². The molecule has 2 aromatic rings. The van der Waals surface area contributed by atoms with E-state index in [2.05, 4.69) is 9.47 Å². The predicted molar refractivity (Wildman–Crippen MR) is 95.0 cm³/mol. The van der Waals surface area contributed by atoms with Gasteiger partial charge in [0.25, 0.3) is 0 Å². The van der Waals surface area contributed by atoms with Crippen LogP contribution in [0.3, 0.4) is 0 Å². The molecule has 4 nitrogen and oxygen atoms in total. The number of esters is 2. The second-order valence-corrected chi connectivity index (χ2v) is 4.53. The van der Waals surface area contributed by atoms with Gasteiger partial charge in [-0.2, -0.15) is 0 Å². The van der Waals surface area contributed by atoms with Crippen LogP contribution in [0, 0.1) is 0 Å². The van der Waals surface area contributed by atoms with Gasteiger partial charge in [0, 0.05) is 12.2 Å². The molecule has 0 heterocycles. The van der Waals surface area contributed by atoms with Crippen molar-refractivity contribution in [2.24, 2.45) is 0 Å². The smallest absolute Gasteiger partial charge is 0.330 e. The van der Waals surface area contributed by atoms with E-state index < -0.39 is 0 Å². The van der Waals surface area contributed by atoms with Crippen LogP contribution in [-0.2, 0) is 19.1 Å². The molecule has 0 spiro atoms. The molecular formula is C20H20O4. The zero-order valence-electron chi connectivity index (χ0n) is 13.7. The van der Waals surface area contributed by atoms with Crippen molar-refractivity contribution in [2.45, 2.75) is 0 Å². The van der Waals surface area contributed by atoms with Crippen molar-refractivity contribution in [2.75, 3.05) is 14.2 Å². The molecule has 24 heavy (non-hydrogen) atoms. The number of carbonyl (C=O) groups excluding carboxylic acids is 2. The summed E-state index contributed by atoms with van der Waals surface area (Å²) < 4.78 is 8.89. The maximum Gasteiger partial charge on any atom is 0.330 e. The van der Waals surface area contributed by atoms with Crippen LogP contribution in [0.4, 0.5) is 0 Å². The van der Waals surface area contributed by atoms with Crippen molar-refractivity contribution in [3.8, 4) is 0 Å². The van der Waals surface area contributed by atoms with Gasteiger partial charge in [0.05, 0.1) is 14.2 Å². The lowest BCUT2D eigenvalue weighted by Crippen LogP contribution is -1.92. The largest absolute Gasteiger partial charge is 0.466 e. The fourth-order valence-electron chi connectivity index (χ4n) is 1.59. The van der Waals surface area contributed by atoms with Crippen LogP contribution in [0.5, 0.6) is 0 Å². The Balaban J connectivity index is 0.000000240. The SMILES string of the molecule is COC(=O)C=Cc1ccccc1.COC(=O)C=Cc1ccccc1. The van der Waals surface area contributed by atoms with Gasteiger partial charge in [0.15, 0.2) is 0 Å². The second-order valence-electron chi connectivity index (χ2n) is 4.53. The van der Waals surface area contributed by atoms with Crippen LogP contribution < -0.4 is 0 Å². The van der Waals surface area contributed by atoms with Gasteiger partial charge in [-0.1, -0.05) is 60.7 Å². The lowest BCUT2D eigenvalue weighted by Gasteiger charge is -1.91. The van der Waals surface area contributed by atoms with Crippen molar-refractivity contribution in [3.05, 3.63) is 83.9 Å². The van der Waals surface area contributed by atoms with E-state index in [9.17, 15) is 9.59 Å². The molecule has 0 bridgehead atoms. The first-order valence-corrected chi connectivity index (χ1v) is 7.28. The fraction of sp³-hybridized carbons (Fsp3) is 0.100. The molecule has 0 amide bonds. The number of methoxy groups -OCH3 is 2. The van der Waals surface area contributed by atoms with Crippen molar-refractivity contribution in [1.82, 2.24) is 0 Å². The topological polar surface area (TPSA) is 52.6 Å². The lowest BCUT2D eigenvalue weighted by molar-refractivity contribution is -0.135. The molecule has 0 aliphatic carbocycles. The first-order chi connectivity index (χ1) is 11.7. The third-order valence-corrected chi connectivity index (χ3v) is 2.83. The van der Waals surface area contributed by atoms with E-state index >= 15 is 0 Å². The number of hydrogen-bond donors (Lipinski definition) is 0. The Bertz CT molecular complexity index is 612. The van der Waals surface area contributed by atoms with E-state index in [1.165, 1.54) is 26.4 Å². The highest BCUT2D eigenvalue weighted by atomic mass is 16.5. The van der Waals surface area contributed by atoms with Crippen molar-refractivity contribution < 1.29 is 19.1 Å². The zero-order valence-corrected chi connectivity index (χ0v) is 13.7. The summed E-state index contributed by atoms with van der Waals surface area (Å²) in [7, 11) is 2.72. The Labute approximate surface area is 142 Å². The standard InChI is InChI=1S/2C10H10O2/c2*1-12-10(11)8-7-9-5-3-2-4-6-9/h2*2-8H,1H3. The molecule has 0 radical (unpaired) electrons. The molecule has 0 atom stereocenters. The summed E-state index contributed by atoms with van der Waals surface area (Å²) in [6, 6.07) is 19.2. The molecule has 0 aromatic heterocycles. The molecule has 2 aromatic carbocycles. The maximum absolute atomic E-state index is 10.7. The van der Waals surface area contributed by atoms with E-state index in [1.807, 2.05) is 60.7 Å². The minimum atomic E-state index is -0.334. The monoisotopic (exact) mass is 324 g/mol. The van der Waals surface area contributed by atoms with Crippen LogP contribution >= 0.6 is 0 Å². The van der Waals surface area contributed by atoms with Gasteiger partial charge in [0.2, 0.25) is 0 Å². The van der Waals surface area contributed by atoms with Crippen LogP contribution in [0.25, 0.3) is 12.2 Å². The molecular weight excluding hydrogens is 304 g/mol. The molecule has 2 rings (SSSR count). The van der Waals surface area contributed by atoms with Gasteiger partial charge in [-0.25, -0.2) is 9.59 Å². The van der Waals surface area contributed by atoms with Crippen molar-refractivity contribution in [1.29, 1.82) is 0 Å². The number of carbonyl (C=O) groups is 2. The highest BCUT2D eigenvalue weighted by Gasteiger charge is 1.90. The van der Waals surface area contributed by atoms with Gasteiger partial charge < -0.3 is 9.47 Å².